The van der Waals surface area contributed by atoms with Gasteiger partial charge in [-0.3, -0.25) is 0 Å². The Bertz CT molecular complexity index is 3020. The first kappa shape index (κ1) is 37.5. The van der Waals surface area contributed by atoms with Crippen LogP contribution in [0.3, 0.4) is 0 Å². The second-order valence-electron chi connectivity index (χ2n) is 15.6. The van der Waals surface area contributed by atoms with Gasteiger partial charge in [0.2, 0.25) is 0 Å². The Morgan fingerprint density at radius 3 is 0.721 bits per heavy atom. The number of hydrogen-bond donors (Lipinski definition) is 0. The second kappa shape index (κ2) is 16.5. The molecule has 0 radical (unpaired) electrons. The molecule has 0 amide bonds. The molecule has 0 spiro atoms. The average Bonchev–Trinajstić information content (AvgIpc) is 3.33. The smallest absolute Gasteiger partial charge is 0.00262 e. The van der Waals surface area contributed by atoms with Gasteiger partial charge in [-0.1, -0.05) is 224 Å². The Kier molecular flexibility index (Phi) is 10.1. The molecule has 0 N–H and O–H groups in total. The molecule has 0 aliphatic heterocycles. The minimum Gasteiger partial charge on any atom is -0.103 e. The van der Waals surface area contributed by atoms with Crippen LogP contribution in [0, 0.1) is 0 Å². The van der Waals surface area contributed by atoms with Gasteiger partial charge >= 0.3 is 0 Å². The lowest BCUT2D eigenvalue weighted by molar-refractivity contribution is 1.60. The van der Waals surface area contributed by atoms with Crippen molar-refractivity contribution < 1.29 is 0 Å². The van der Waals surface area contributed by atoms with E-state index in [2.05, 4.69) is 237 Å². The highest BCUT2D eigenvalue weighted by Gasteiger charge is 2.19. The Labute approximate surface area is 358 Å². The van der Waals surface area contributed by atoms with E-state index in [0.717, 1.165) is 0 Å². The average molecular weight is 777 g/mol. The van der Waals surface area contributed by atoms with Gasteiger partial charge in [-0.05, 0) is 129 Å². The molecule has 11 aromatic carbocycles. The van der Waals surface area contributed by atoms with E-state index >= 15 is 0 Å². The minimum atomic E-state index is 1.21. The summed E-state index contributed by atoms with van der Waals surface area (Å²) in [4.78, 5) is 0. The van der Waals surface area contributed by atoms with Crippen LogP contribution in [0.1, 0.15) is 6.92 Å². The van der Waals surface area contributed by atoms with Gasteiger partial charge in [-0.2, -0.15) is 0 Å². The molecular formula is C61H44. The summed E-state index contributed by atoms with van der Waals surface area (Å²) in [6.07, 6.45) is 1.75. The van der Waals surface area contributed by atoms with Crippen molar-refractivity contribution >= 4 is 43.1 Å². The van der Waals surface area contributed by atoms with Gasteiger partial charge in [0.1, 0.15) is 0 Å². The second-order valence-corrected chi connectivity index (χ2v) is 15.6. The van der Waals surface area contributed by atoms with Crippen LogP contribution in [0.4, 0.5) is 0 Å². The number of rotatable bonds is 6. The third kappa shape index (κ3) is 6.89. The number of benzene rings is 11. The summed E-state index contributed by atoms with van der Waals surface area (Å²) in [7, 11) is 0. The molecular weight excluding hydrogens is 733 g/mol. The SMILES string of the molecule is C=CC.c1ccc(-c2cccc(-c3c4ccccc4c(-c4ccc(-c5c6ccccc6c(-c6cccc(-c7ccccc7)c6)c6ccccc56)cc4)c4ccccc34)c2)cc1. The van der Waals surface area contributed by atoms with Crippen LogP contribution < -0.4 is 0 Å². The van der Waals surface area contributed by atoms with Gasteiger partial charge in [0.15, 0.2) is 0 Å². The van der Waals surface area contributed by atoms with Crippen molar-refractivity contribution in [2.45, 2.75) is 6.92 Å². The predicted octanol–water partition coefficient (Wildman–Crippen LogP) is 17.5. The summed E-state index contributed by atoms with van der Waals surface area (Å²) in [5.41, 5.74) is 14.9. The third-order valence-electron chi connectivity index (χ3n) is 11.8. The fraction of sp³-hybridized carbons (Fsp3) is 0.0164. The van der Waals surface area contributed by atoms with Crippen molar-refractivity contribution in [2.24, 2.45) is 0 Å². The van der Waals surface area contributed by atoms with E-state index in [1.54, 1.807) is 6.08 Å². The number of hydrogen-bond acceptors (Lipinski definition) is 0. The normalized spacial score (nSPS) is 11.1. The Morgan fingerprint density at radius 2 is 0.443 bits per heavy atom. The van der Waals surface area contributed by atoms with E-state index in [-0.39, 0.29) is 0 Å². The monoisotopic (exact) mass is 776 g/mol. The van der Waals surface area contributed by atoms with Crippen LogP contribution >= 0.6 is 0 Å². The topological polar surface area (TPSA) is 0 Å². The standard InChI is InChI=1S/C58H38.C3H6/c1-3-17-39(18-4-1)43-21-15-23-45(37-43)57-51-29-11-7-25-47(51)55(48-26-8-12-30-52(48)57)41-33-35-42(36-34-41)56-49-27-9-13-31-53(49)58(54-32-14-10-28-50(54)56)46-24-16-22-44(38-46)40-19-5-2-6-20-40;1-3-2/h1-38H;3H,1H2,2H3. The molecule has 0 aliphatic rings. The molecule has 0 fully saturated rings. The van der Waals surface area contributed by atoms with Gasteiger partial charge in [-0.25, -0.2) is 0 Å². The molecule has 0 saturated carbocycles. The highest BCUT2D eigenvalue weighted by molar-refractivity contribution is 6.23. The van der Waals surface area contributed by atoms with E-state index in [0.29, 0.717) is 0 Å². The summed E-state index contributed by atoms with van der Waals surface area (Å²) in [6.45, 7) is 5.25. The van der Waals surface area contributed by atoms with E-state index in [9.17, 15) is 0 Å². The minimum absolute atomic E-state index is 1.21. The Morgan fingerprint density at radius 1 is 0.230 bits per heavy atom. The highest BCUT2D eigenvalue weighted by Crippen LogP contribution is 2.47. The zero-order chi connectivity index (χ0) is 41.1. The van der Waals surface area contributed by atoms with Gasteiger partial charge in [0, 0.05) is 0 Å². The van der Waals surface area contributed by atoms with Gasteiger partial charge < -0.3 is 0 Å². The molecule has 61 heavy (non-hydrogen) atoms. The lowest BCUT2D eigenvalue weighted by atomic mass is 9.84. The van der Waals surface area contributed by atoms with E-state index in [1.165, 1.54) is 110 Å². The molecule has 0 nitrogen and oxygen atoms in total. The molecule has 0 unspecified atom stereocenters. The fourth-order valence-electron chi connectivity index (χ4n) is 9.27. The maximum Gasteiger partial charge on any atom is -0.00262 e. The summed E-state index contributed by atoms with van der Waals surface area (Å²) in [6, 6.07) is 84.4. The quantitative estimate of drug-likeness (QED) is 0.117. The maximum atomic E-state index is 3.36. The largest absolute Gasteiger partial charge is 0.103 e. The summed E-state index contributed by atoms with van der Waals surface area (Å²) >= 11 is 0. The van der Waals surface area contributed by atoms with Crippen molar-refractivity contribution in [1.29, 1.82) is 0 Å². The Hall–Kier alpha value is -7.80. The summed E-state index contributed by atoms with van der Waals surface area (Å²) in [5, 5.41) is 10.1. The first-order chi connectivity index (χ1) is 30.2. The number of fused-ring (bicyclic) bond motifs is 4. The zero-order valence-corrected chi connectivity index (χ0v) is 34.2. The van der Waals surface area contributed by atoms with Crippen LogP contribution in [0.25, 0.3) is 110 Å². The van der Waals surface area contributed by atoms with Gasteiger partial charge in [0.05, 0.1) is 0 Å². The molecule has 0 heterocycles. The molecule has 0 aliphatic carbocycles. The van der Waals surface area contributed by atoms with Crippen molar-refractivity contribution in [3.05, 3.63) is 243 Å². The molecule has 0 atom stereocenters. The van der Waals surface area contributed by atoms with E-state index in [1.807, 2.05) is 6.92 Å². The molecule has 0 heteroatoms. The third-order valence-corrected chi connectivity index (χ3v) is 11.8. The van der Waals surface area contributed by atoms with Crippen LogP contribution in [0.5, 0.6) is 0 Å². The molecule has 0 aromatic heterocycles. The highest BCUT2D eigenvalue weighted by atomic mass is 14.2. The first-order valence-electron chi connectivity index (χ1n) is 21.1. The zero-order valence-electron chi connectivity index (χ0n) is 34.2. The molecule has 0 bridgehead atoms. The van der Waals surface area contributed by atoms with Crippen molar-refractivity contribution in [2.75, 3.05) is 0 Å². The predicted molar refractivity (Wildman–Crippen MR) is 265 cm³/mol. The summed E-state index contributed by atoms with van der Waals surface area (Å²) in [5.74, 6) is 0. The van der Waals surface area contributed by atoms with E-state index in [4.69, 9.17) is 0 Å². The maximum absolute atomic E-state index is 3.36. The van der Waals surface area contributed by atoms with Crippen molar-refractivity contribution in [1.82, 2.24) is 0 Å². The number of allylic oxidation sites excluding steroid dienone is 1. The van der Waals surface area contributed by atoms with E-state index < -0.39 is 0 Å². The van der Waals surface area contributed by atoms with Crippen LogP contribution in [-0.2, 0) is 0 Å². The lowest BCUT2D eigenvalue weighted by Gasteiger charge is -2.19. The van der Waals surface area contributed by atoms with Crippen molar-refractivity contribution in [3.63, 3.8) is 0 Å². The van der Waals surface area contributed by atoms with Gasteiger partial charge in [0.25, 0.3) is 0 Å². The summed E-state index contributed by atoms with van der Waals surface area (Å²) < 4.78 is 0. The van der Waals surface area contributed by atoms with Crippen LogP contribution in [0.2, 0.25) is 0 Å². The Balaban J connectivity index is 0.00000144. The first-order valence-corrected chi connectivity index (χ1v) is 21.1. The molecule has 288 valence electrons. The molecule has 0 saturated heterocycles. The van der Waals surface area contributed by atoms with Gasteiger partial charge in [-0.15, -0.1) is 6.58 Å². The molecule has 11 aromatic rings. The van der Waals surface area contributed by atoms with Crippen LogP contribution in [0.15, 0.2) is 243 Å². The lowest BCUT2D eigenvalue weighted by Crippen LogP contribution is -1.92. The molecule has 11 rings (SSSR count). The van der Waals surface area contributed by atoms with Crippen LogP contribution in [-0.4, -0.2) is 0 Å². The van der Waals surface area contributed by atoms with Crippen molar-refractivity contribution in [3.8, 4) is 66.8 Å². The fourth-order valence-corrected chi connectivity index (χ4v) is 9.27.